The van der Waals surface area contributed by atoms with Gasteiger partial charge in [0.2, 0.25) is 0 Å². The monoisotopic (exact) mass is 459 g/mol. The van der Waals surface area contributed by atoms with Gasteiger partial charge in [0.05, 0.1) is 17.8 Å². The van der Waals surface area contributed by atoms with Crippen molar-refractivity contribution in [2.45, 2.75) is 13.5 Å². The first-order valence-electron chi connectivity index (χ1n) is 10.3. The fraction of sp³-hybridized carbons (Fsp3) is 0.111. The molecule has 0 amide bonds. The van der Waals surface area contributed by atoms with Gasteiger partial charge in [0.1, 0.15) is 23.8 Å². The molecule has 4 rings (SSSR count). The summed E-state index contributed by atoms with van der Waals surface area (Å²) in [4.78, 5) is 16.1. The maximum Gasteiger partial charge on any atom is 0.354 e. The first-order chi connectivity index (χ1) is 16.0. The Kier molecular flexibility index (Phi) is 6.61. The van der Waals surface area contributed by atoms with Gasteiger partial charge in [-0.2, -0.15) is 0 Å². The molecular weight excluding hydrogens is 438 g/mol. The van der Waals surface area contributed by atoms with Gasteiger partial charge in [-0.05, 0) is 60.0 Å². The van der Waals surface area contributed by atoms with Gasteiger partial charge in [-0.1, -0.05) is 54.1 Å². The fourth-order valence-electron chi connectivity index (χ4n) is 3.53. The number of aromatic nitrogens is 1. The normalized spacial score (nSPS) is 10.6. The maximum atomic E-state index is 11.6. The van der Waals surface area contributed by atoms with Crippen LogP contribution in [-0.4, -0.2) is 23.2 Å². The van der Waals surface area contributed by atoms with E-state index in [2.05, 4.69) is 4.98 Å². The van der Waals surface area contributed by atoms with Crippen molar-refractivity contribution < 1.29 is 19.4 Å². The zero-order valence-corrected chi connectivity index (χ0v) is 19.0. The number of hydrogen-bond donors (Lipinski definition) is 1. The van der Waals surface area contributed by atoms with Gasteiger partial charge in [-0.3, -0.25) is 0 Å². The first-order valence-corrected chi connectivity index (χ1v) is 10.7. The van der Waals surface area contributed by atoms with E-state index in [0.29, 0.717) is 28.6 Å². The number of nitrogens with zero attached hydrogens (tertiary/aromatic N) is 1. The SMILES string of the molecule is COc1ccc(COc2cc(-c3nc(C(=O)O)ccc3-c3ccccc3C)ccc2Cl)cc1. The minimum Gasteiger partial charge on any atom is -0.497 e. The Labute approximate surface area is 197 Å². The number of ether oxygens (including phenoxy) is 2. The molecule has 0 atom stereocenters. The highest BCUT2D eigenvalue weighted by Crippen LogP contribution is 2.36. The third kappa shape index (κ3) is 4.99. The van der Waals surface area contributed by atoms with Crippen LogP contribution in [0.1, 0.15) is 21.6 Å². The summed E-state index contributed by atoms with van der Waals surface area (Å²) < 4.78 is 11.2. The molecule has 0 bridgehead atoms. The van der Waals surface area contributed by atoms with Crippen molar-refractivity contribution in [3.8, 4) is 33.9 Å². The number of carboxylic acids is 1. The molecule has 1 N–H and O–H groups in total. The van der Waals surface area contributed by atoms with Crippen LogP contribution in [0.4, 0.5) is 0 Å². The summed E-state index contributed by atoms with van der Waals surface area (Å²) in [7, 11) is 1.62. The molecule has 0 aliphatic heterocycles. The minimum absolute atomic E-state index is 0.0296. The van der Waals surface area contributed by atoms with Crippen LogP contribution in [0.3, 0.4) is 0 Å². The van der Waals surface area contributed by atoms with Crippen molar-refractivity contribution in [1.29, 1.82) is 0 Å². The van der Waals surface area contributed by atoms with Crippen molar-refractivity contribution >= 4 is 17.6 Å². The molecule has 0 spiro atoms. The summed E-state index contributed by atoms with van der Waals surface area (Å²) in [5.74, 6) is 0.174. The Balaban J connectivity index is 1.73. The smallest absolute Gasteiger partial charge is 0.354 e. The molecule has 33 heavy (non-hydrogen) atoms. The highest BCUT2D eigenvalue weighted by atomic mass is 35.5. The van der Waals surface area contributed by atoms with E-state index in [1.54, 1.807) is 25.3 Å². The molecule has 0 unspecified atom stereocenters. The van der Waals surface area contributed by atoms with E-state index in [9.17, 15) is 9.90 Å². The topological polar surface area (TPSA) is 68.7 Å². The number of aromatic carboxylic acids is 1. The predicted molar refractivity (Wildman–Crippen MR) is 129 cm³/mol. The number of aryl methyl sites for hydroxylation is 1. The lowest BCUT2D eigenvalue weighted by Gasteiger charge is -2.14. The second-order valence-corrected chi connectivity index (χ2v) is 7.90. The lowest BCUT2D eigenvalue weighted by molar-refractivity contribution is 0.0690. The van der Waals surface area contributed by atoms with E-state index in [-0.39, 0.29) is 5.69 Å². The molecule has 0 radical (unpaired) electrons. The van der Waals surface area contributed by atoms with E-state index in [4.69, 9.17) is 21.1 Å². The van der Waals surface area contributed by atoms with E-state index in [1.807, 2.05) is 61.5 Å². The highest BCUT2D eigenvalue weighted by Gasteiger charge is 2.16. The standard InChI is InChI=1S/C27H22ClNO4/c1-17-5-3-4-6-21(17)22-12-14-24(27(30)31)29-26(22)19-9-13-23(28)25(15-19)33-16-18-7-10-20(32-2)11-8-18/h3-15H,16H2,1-2H3,(H,30,31). The molecule has 0 saturated heterocycles. The number of pyridine rings is 1. The molecule has 6 heteroatoms. The van der Waals surface area contributed by atoms with Crippen molar-refractivity contribution in [3.63, 3.8) is 0 Å². The number of halogens is 1. The Hall–Kier alpha value is -3.83. The van der Waals surface area contributed by atoms with E-state index in [1.165, 1.54) is 6.07 Å². The number of methoxy groups -OCH3 is 1. The van der Waals surface area contributed by atoms with Gasteiger partial charge in [0, 0.05) is 11.1 Å². The molecule has 0 fully saturated rings. The zero-order chi connectivity index (χ0) is 23.4. The van der Waals surface area contributed by atoms with Gasteiger partial charge < -0.3 is 14.6 Å². The second kappa shape index (κ2) is 9.76. The largest absolute Gasteiger partial charge is 0.497 e. The van der Waals surface area contributed by atoms with Gasteiger partial charge in [0.15, 0.2) is 0 Å². The average Bonchev–Trinajstić information content (AvgIpc) is 2.84. The van der Waals surface area contributed by atoms with E-state index in [0.717, 1.165) is 28.0 Å². The molecule has 3 aromatic carbocycles. The summed E-state index contributed by atoms with van der Waals surface area (Å²) >= 11 is 6.40. The Morgan fingerprint density at radius 2 is 1.73 bits per heavy atom. The highest BCUT2D eigenvalue weighted by molar-refractivity contribution is 6.32. The van der Waals surface area contributed by atoms with Crippen LogP contribution in [0.5, 0.6) is 11.5 Å². The summed E-state index contributed by atoms with van der Waals surface area (Å²) in [5, 5.41) is 9.96. The number of benzene rings is 3. The van der Waals surface area contributed by atoms with Crippen molar-refractivity contribution in [2.24, 2.45) is 0 Å². The van der Waals surface area contributed by atoms with Gasteiger partial charge in [-0.25, -0.2) is 9.78 Å². The number of carboxylic acid groups (broad SMARTS) is 1. The second-order valence-electron chi connectivity index (χ2n) is 7.49. The zero-order valence-electron chi connectivity index (χ0n) is 18.2. The van der Waals surface area contributed by atoms with Crippen LogP contribution >= 0.6 is 11.6 Å². The summed E-state index contributed by atoms with van der Waals surface area (Å²) in [6.45, 7) is 2.33. The molecule has 0 aliphatic rings. The van der Waals surface area contributed by atoms with Crippen LogP contribution < -0.4 is 9.47 Å². The van der Waals surface area contributed by atoms with Crippen molar-refractivity contribution in [2.75, 3.05) is 7.11 Å². The van der Waals surface area contributed by atoms with E-state index < -0.39 is 5.97 Å². The molecule has 1 heterocycles. The number of rotatable bonds is 7. The molecule has 0 saturated carbocycles. The summed E-state index contributed by atoms with van der Waals surface area (Å²) in [6.07, 6.45) is 0. The molecule has 1 aromatic heterocycles. The molecule has 0 aliphatic carbocycles. The third-order valence-electron chi connectivity index (χ3n) is 5.31. The number of hydrogen-bond acceptors (Lipinski definition) is 4. The maximum absolute atomic E-state index is 11.6. The van der Waals surface area contributed by atoms with Crippen molar-refractivity contribution in [3.05, 3.63) is 101 Å². The van der Waals surface area contributed by atoms with Crippen molar-refractivity contribution in [1.82, 2.24) is 4.98 Å². The van der Waals surface area contributed by atoms with Gasteiger partial charge >= 0.3 is 5.97 Å². The third-order valence-corrected chi connectivity index (χ3v) is 5.62. The van der Waals surface area contributed by atoms with Crippen LogP contribution in [0, 0.1) is 6.92 Å². The summed E-state index contributed by atoms with van der Waals surface area (Å²) in [5.41, 5.74) is 5.07. The molecular formula is C27H22ClNO4. The first kappa shape index (κ1) is 22.4. The Morgan fingerprint density at radius 1 is 0.970 bits per heavy atom. The minimum atomic E-state index is -1.09. The summed E-state index contributed by atoms with van der Waals surface area (Å²) in [6, 6.07) is 24.1. The lowest BCUT2D eigenvalue weighted by Crippen LogP contribution is -2.03. The van der Waals surface area contributed by atoms with E-state index >= 15 is 0 Å². The van der Waals surface area contributed by atoms with Gasteiger partial charge in [0.25, 0.3) is 0 Å². The van der Waals surface area contributed by atoms with Crippen LogP contribution in [-0.2, 0) is 6.61 Å². The van der Waals surface area contributed by atoms with Crippen LogP contribution in [0.15, 0.2) is 78.9 Å². The quantitative estimate of drug-likeness (QED) is 0.334. The number of carbonyl (C=O) groups is 1. The fourth-order valence-corrected chi connectivity index (χ4v) is 3.71. The Bertz CT molecular complexity index is 1300. The average molecular weight is 460 g/mol. The lowest BCUT2D eigenvalue weighted by atomic mass is 9.95. The Morgan fingerprint density at radius 3 is 2.42 bits per heavy atom. The van der Waals surface area contributed by atoms with Gasteiger partial charge in [-0.15, -0.1) is 0 Å². The molecule has 5 nitrogen and oxygen atoms in total. The molecule has 166 valence electrons. The predicted octanol–water partition coefficient (Wildman–Crippen LogP) is 6.66. The van der Waals surface area contributed by atoms with Crippen LogP contribution in [0.2, 0.25) is 5.02 Å². The van der Waals surface area contributed by atoms with Crippen LogP contribution in [0.25, 0.3) is 22.4 Å². The molecule has 4 aromatic rings.